The SMILES string of the molecule is CN(C(=O)Cc1ccc(N)cn1)C1CCSC1. The zero-order valence-electron chi connectivity index (χ0n) is 9.93. The molecule has 0 radical (unpaired) electrons. The molecule has 1 fully saturated rings. The largest absolute Gasteiger partial charge is 0.397 e. The number of aromatic nitrogens is 1. The molecule has 0 bridgehead atoms. The predicted molar refractivity (Wildman–Crippen MR) is 70.9 cm³/mol. The molecule has 5 heteroatoms. The average Bonchev–Trinajstić information content (AvgIpc) is 2.84. The molecule has 2 N–H and O–H groups in total. The lowest BCUT2D eigenvalue weighted by molar-refractivity contribution is -0.130. The number of nitrogen functional groups attached to an aromatic ring is 1. The van der Waals surface area contributed by atoms with E-state index in [4.69, 9.17) is 5.73 Å². The molecule has 1 aromatic heterocycles. The molecular formula is C12H17N3OS. The van der Waals surface area contributed by atoms with Gasteiger partial charge in [-0.1, -0.05) is 0 Å². The monoisotopic (exact) mass is 251 g/mol. The van der Waals surface area contributed by atoms with Gasteiger partial charge in [-0.05, 0) is 24.3 Å². The Labute approximate surface area is 106 Å². The Balaban J connectivity index is 1.93. The lowest BCUT2D eigenvalue weighted by atomic mass is 10.2. The Hall–Kier alpha value is -1.23. The van der Waals surface area contributed by atoms with Crippen LogP contribution in [0, 0.1) is 0 Å². The molecule has 1 aromatic rings. The summed E-state index contributed by atoms with van der Waals surface area (Å²) < 4.78 is 0. The van der Waals surface area contributed by atoms with Crippen molar-refractivity contribution < 1.29 is 4.79 Å². The van der Waals surface area contributed by atoms with Crippen molar-refractivity contribution in [3.63, 3.8) is 0 Å². The highest BCUT2D eigenvalue weighted by molar-refractivity contribution is 7.99. The smallest absolute Gasteiger partial charge is 0.228 e. The third-order valence-electron chi connectivity index (χ3n) is 3.03. The first-order valence-electron chi connectivity index (χ1n) is 5.70. The van der Waals surface area contributed by atoms with Crippen molar-refractivity contribution in [1.29, 1.82) is 0 Å². The van der Waals surface area contributed by atoms with Gasteiger partial charge in [-0.15, -0.1) is 0 Å². The molecule has 2 rings (SSSR count). The molecule has 0 aliphatic carbocycles. The molecule has 0 aromatic carbocycles. The number of carbonyl (C=O) groups excluding carboxylic acids is 1. The van der Waals surface area contributed by atoms with Gasteiger partial charge < -0.3 is 10.6 Å². The van der Waals surface area contributed by atoms with Crippen LogP contribution >= 0.6 is 11.8 Å². The van der Waals surface area contributed by atoms with Gasteiger partial charge in [0.15, 0.2) is 0 Å². The van der Waals surface area contributed by atoms with Crippen molar-refractivity contribution in [2.75, 3.05) is 24.3 Å². The number of nitrogens with zero attached hydrogens (tertiary/aromatic N) is 2. The predicted octanol–water partition coefficient (Wildman–Crippen LogP) is 1.17. The number of pyridine rings is 1. The number of likely N-dealkylation sites (N-methyl/N-ethyl adjacent to an activating group) is 1. The van der Waals surface area contributed by atoms with Gasteiger partial charge in [0.1, 0.15) is 0 Å². The molecule has 4 nitrogen and oxygen atoms in total. The maximum absolute atomic E-state index is 12.0. The van der Waals surface area contributed by atoms with Crippen LogP contribution in [0.5, 0.6) is 0 Å². The van der Waals surface area contributed by atoms with Gasteiger partial charge in [-0.2, -0.15) is 11.8 Å². The van der Waals surface area contributed by atoms with E-state index in [0.29, 0.717) is 18.2 Å². The summed E-state index contributed by atoms with van der Waals surface area (Å²) in [7, 11) is 1.89. The van der Waals surface area contributed by atoms with E-state index in [0.717, 1.165) is 23.6 Å². The normalized spacial score (nSPS) is 19.2. The summed E-state index contributed by atoms with van der Waals surface area (Å²) in [6.45, 7) is 0. The van der Waals surface area contributed by atoms with Gasteiger partial charge in [0.05, 0.1) is 18.3 Å². The summed E-state index contributed by atoms with van der Waals surface area (Å²) in [5.74, 6) is 2.34. The van der Waals surface area contributed by atoms with Gasteiger partial charge in [0, 0.05) is 24.5 Å². The fourth-order valence-corrected chi connectivity index (χ4v) is 3.12. The number of anilines is 1. The second-order valence-corrected chi connectivity index (χ2v) is 5.43. The summed E-state index contributed by atoms with van der Waals surface area (Å²) in [4.78, 5) is 18.0. The molecule has 17 heavy (non-hydrogen) atoms. The molecule has 92 valence electrons. The van der Waals surface area contributed by atoms with E-state index in [1.807, 2.05) is 29.8 Å². The summed E-state index contributed by atoms with van der Waals surface area (Å²) in [6.07, 6.45) is 3.05. The molecule has 0 spiro atoms. The van der Waals surface area contributed by atoms with Crippen molar-refractivity contribution in [2.24, 2.45) is 0 Å². The molecular weight excluding hydrogens is 234 g/mol. The first-order chi connectivity index (χ1) is 8.16. The number of amides is 1. The second kappa shape index (κ2) is 5.40. The molecule has 1 saturated heterocycles. The van der Waals surface area contributed by atoms with E-state index in [1.54, 1.807) is 12.3 Å². The van der Waals surface area contributed by atoms with E-state index >= 15 is 0 Å². The maximum Gasteiger partial charge on any atom is 0.228 e. The minimum atomic E-state index is 0.134. The Kier molecular flexibility index (Phi) is 3.89. The van der Waals surface area contributed by atoms with Gasteiger partial charge in [0.25, 0.3) is 0 Å². The average molecular weight is 251 g/mol. The first-order valence-corrected chi connectivity index (χ1v) is 6.86. The molecule has 2 heterocycles. The lowest BCUT2D eigenvalue weighted by Crippen LogP contribution is -2.38. The van der Waals surface area contributed by atoms with Crippen LogP contribution in [0.1, 0.15) is 12.1 Å². The third-order valence-corrected chi connectivity index (χ3v) is 4.17. The Bertz CT molecular complexity index is 387. The highest BCUT2D eigenvalue weighted by atomic mass is 32.2. The van der Waals surface area contributed by atoms with Crippen LogP contribution in [0.4, 0.5) is 5.69 Å². The van der Waals surface area contributed by atoms with Gasteiger partial charge in [0.2, 0.25) is 5.91 Å². The third kappa shape index (κ3) is 3.12. The van der Waals surface area contributed by atoms with Crippen LogP contribution in [0.3, 0.4) is 0 Å². The van der Waals surface area contributed by atoms with E-state index in [-0.39, 0.29) is 5.91 Å². The van der Waals surface area contributed by atoms with Gasteiger partial charge >= 0.3 is 0 Å². The highest BCUT2D eigenvalue weighted by Crippen LogP contribution is 2.21. The van der Waals surface area contributed by atoms with Crippen LogP contribution in [-0.4, -0.2) is 40.4 Å². The molecule has 1 amide bonds. The van der Waals surface area contributed by atoms with Gasteiger partial charge in [-0.25, -0.2) is 0 Å². The number of rotatable bonds is 3. The van der Waals surface area contributed by atoms with E-state index < -0.39 is 0 Å². The molecule has 1 atom stereocenters. The van der Waals surface area contributed by atoms with Crippen molar-refractivity contribution >= 4 is 23.4 Å². The van der Waals surface area contributed by atoms with Crippen LogP contribution < -0.4 is 5.73 Å². The Morgan fingerprint density at radius 1 is 1.65 bits per heavy atom. The van der Waals surface area contributed by atoms with E-state index in [9.17, 15) is 4.79 Å². The summed E-state index contributed by atoms with van der Waals surface area (Å²) in [6, 6.07) is 3.98. The zero-order chi connectivity index (χ0) is 12.3. The number of carbonyl (C=O) groups is 1. The summed E-state index contributed by atoms with van der Waals surface area (Å²) in [5, 5.41) is 0. The minimum Gasteiger partial charge on any atom is -0.397 e. The van der Waals surface area contributed by atoms with Crippen LogP contribution in [0.2, 0.25) is 0 Å². The minimum absolute atomic E-state index is 0.134. The summed E-state index contributed by atoms with van der Waals surface area (Å²) >= 11 is 1.91. The Morgan fingerprint density at radius 3 is 3.06 bits per heavy atom. The maximum atomic E-state index is 12.0. The standard InChI is InChI=1S/C12H17N3OS/c1-15(11-4-5-17-8-11)12(16)6-10-3-2-9(13)7-14-10/h2-3,7,11H,4-6,8,13H2,1H3. The fourth-order valence-electron chi connectivity index (χ4n) is 1.85. The first kappa shape index (κ1) is 12.2. The number of hydrogen-bond donors (Lipinski definition) is 1. The molecule has 0 saturated carbocycles. The molecule has 1 aliphatic rings. The lowest BCUT2D eigenvalue weighted by Gasteiger charge is -2.23. The Morgan fingerprint density at radius 2 is 2.47 bits per heavy atom. The van der Waals surface area contributed by atoms with E-state index in [2.05, 4.69) is 4.98 Å². The van der Waals surface area contributed by atoms with Crippen molar-refractivity contribution in [3.05, 3.63) is 24.0 Å². The molecule has 1 aliphatic heterocycles. The number of nitrogens with two attached hydrogens (primary N) is 1. The quantitative estimate of drug-likeness (QED) is 0.876. The van der Waals surface area contributed by atoms with Crippen LogP contribution in [0.15, 0.2) is 18.3 Å². The van der Waals surface area contributed by atoms with Crippen molar-refractivity contribution in [3.8, 4) is 0 Å². The van der Waals surface area contributed by atoms with Crippen molar-refractivity contribution in [1.82, 2.24) is 9.88 Å². The fraction of sp³-hybridized carbons (Fsp3) is 0.500. The zero-order valence-corrected chi connectivity index (χ0v) is 10.7. The van der Waals surface area contributed by atoms with Gasteiger partial charge in [-0.3, -0.25) is 9.78 Å². The van der Waals surface area contributed by atoms with E-state index in [1.165, 1.54) is 0 Å². The highest BCUT2D eigenvalue weighted by Gasteiger charge is 2.23. The second-order valence-electron chi connectivity index (χ2n) is 4.28. The van der Waals surface area contributed by atoms with Crippen LogP contribution in [0.25, 0.3) is 0 Å². The number of thioether (sulfide) groups is 1. The topological polar surface area (TPSA) is 59.2 Å². The van der Waals surface area contributed by atoms with Crippen molar-refractivity contribution in [2.45, 2.75) is 18.9 Å². The summed E-state index contributed by atoms with van der Waals surface area (Å²) in [5.41, 5.74) is 6.96. The van der Waals surface area contributed by atoms with Crippen LogP contribution in [-0.2, 0) is 11.2 Å². The number of hydrogen-bond acceptors (Lipinski definition) is 4. The molecule has 1 unspecified atom stereocenters.